The van der Waals surface area contributed by atoms with E-state index in [9.17, 15) is 44.7 Å². The van der Waals surface area contributed by atoms with Crippen molar-refractivity contribution in [3.05, 3.63) is 0 Å². The molecule has 0 aliphatic carbocycles. The number of hydrogen-bond acceptors (Lipinski definition) is 12. The van der Waals surface area contributed by atoms with E-state index >= 15 is 0 Å². The van der Waals surface area contributed by atoms with Crippen molar-refractivity contribution >= 4 is 23.9 Å². The van der Waals surface area contributed by atoms with Gasteiger partial charge in [-0.15, -0.1) is 0 Å². The number of carbonyl (C=O) groups is 4. The number of aliphatic hydroxyl groups excluding tert-OH is 3. The minimum Gasteiger partial charge on any atom is -0.848 e. The van der Waals surface area contributed by atoms with E-state index in [2.05, 4.69) is 0 Å². The van der Waals surface area contributed by atoms with E-state index in [0.29, 0.717) is 0 Å². The standard InChI is InChI=1S/3C3H6O3.C3H5O3.H3N.Ti/c4*1-2(4)3(5)6;;/h3*2,4H,1H3,(H,5,6);2H,1H3,(H,5,6);1H3;/q;;;-1;;+4/p-3. The van der Waals surface area contributed by atoms with Crippen molar-refractivity contribution in [1.82, 2.24) is 6.15 Å². The average Bonchev–Trinajstić information content (AvgIpc) is 2.40. The Morgan fingerprint density at radius 1 is 0.615 bits per heavy atom. The van der Waals surface area contributed by atoms with Crippen molar-refractivity contribution in [3.8, 4) is 0 Å². The van der Waals surface area contributed by atoms with Crippen LogP contribution in [0.2, 0.25) is 0 Å². The maximum atomic E-state index is 9.56. The Bertz CT molecular complexity index is 312. The smallest absolute Gasteiger partial charge is 0.848 e. The number of carbonyl (C=O) groups excluding carboxylic acids is 4. The molecule has 4 unspecified atom stereocenters. The second-order valence-electron chi connectivity index (χ2n) is 3.95. The molecular formula is C12H23NO12Ti. The Hall–Kier alpha value is -1.61. The first-order chi connectivity index (χ1) is 10.6. The van der Waals surface area contributed by atoms with Crippen molar-refractivity contribution in [3.63, 3.8) is 0 Å². The second kappa shape index (κ2) is 23.4. The summed E-state index contributed by atoms with van der Waals surface area (Å²) < 4.78 is 0. The van der Waals surface area contributed by atoms with Crippen LogP contribution in [0.25, 0.3) is 0 Å². The fourth-order valence-electron chi connectivity index (χ4n) is 0. The molecule has 0 amide bonds. The summed E-state index contributed by atoms with van der Waals surface area (Å²) in [6.07, 6.45) is -5.62. The normalized spacial score (nSPS) is 12.6. The third-order valence-corrected chi connectivity index (χ3v) is 1.36. The third kappa shape index (κ3) is 49.5. The summed E-state index contributed by atoms with van der Waals surface area (Å²) in [5.41, 5.74) is 0. The molecule has 7 N–H and O–H groups in total. The maximum absolute atomic E-state index is 9.56. The molecule has 0 bridgehead atoms. The zero-order chi connectivity index (χ0) is 20.6. The van der Waals surface area contributed by atoms with Gasteiger partial charge >= 0.3 is 21.7 Å². The molecule has 0 spiro atoms. The zero-order valence-electron chi connectivity index (χ0n) is 14.8. The number of rotatable bonds is 4. The Balaban J connectivity index is -0.0000000500. The summed E-state index contributed by atoms with van der Waals surface area (Å²) in [4.78, 5) is 37.3. The predicted molar refractivity (Wildman–Crippen MR) is 70.5 cm³/mol. The Labute approximate surface area is 164 Å². The average molecular weight is 421 g/mol. The van der Waals surface area contributed by atoms with Gasteiger partial charge in [0, 0.05) is 5.97 Å². The van der Waals surface area contributed by atoms with Crippen molar-refractivity contribution in [1.29, 1.82) is 0 Å². The van der Waals surface area contributed by atoms with Gasteiger partial charge in [0.15, 0.2) is 0 Å². The van der Waals surface area contributed by atoms with Crippen LogP contribution in [-0.2, 0) is 40.9 Å². The molecule has 0 aliphatic heterocycles. The molecule has 0 aromatic heterocycles. The van der Waals surface area contributed by atoms with E-state index in [-0.39, 0.29) is 27.9 Å². The van der Waals surface area contributed by atoms with Crippen LogP contribution in [0.3, 0.4) is 0 Å². The van der Waals surface area contributed by atoms with Gasteiger partial charge in [0.25, 0.3) is 0 Å². The zero-order valence-corrected chi connectivity index (χ0v) is 16.4. The van der Waals surface area contributed by atoms with Crippen LogP contribution >= 0.6 is 0 Å². The quantitative estimate of drug-likeness (QED) is 0.308. The Kier molecular flexibility index (Phi) is 35.5. The van der Waals surface area contributed by atoms with Crippen molar-refractivity contribution < 1.29 is 81.7 Å². The number of carboxylic acids is 4. The van der Waals surface area contributed by atoms with Crippen LogP contribution in [0, 0.1) is 0 Å². The van der Waals surface area contributed by atoms with Crippen LogP contribution in [-0.4, -0.2) is 63.6 Å². The van der Waals surface area contributed by atoms with Gasteiger partial charge in [0.2, 0.25) is 0 Å². The van der Waals surface area contributed by atoms with Crippen LogP contribution in [0.5, 0.6) is 0 Å². The molecule has 13 nitrogen and oxygen atoms in total. The van der Waals surface area contributed by atoms with Crippen LogP contribution in [0.4, 0.5) is 0 Å². The number of carboxylic acid groups (broad SMARTS) is 4. The second-order valence-corrected chi connectivity index (χ2v) is 3.95. The molecule has 0 saturated heterocycles. The number of quaternary nitrogens is 1. The molecule has 14 heteroatoms. The molecular weight excluding hydrogens is 398 g/mol. The molecule has 0 rings (SSSR count). The maximum Gasteiger partial charge on any atom is 4.00 e. The number of aliphatic carboxylic acids is 4. The molecule has 4 atom stereocenters. The van der Waals surface area contributed by atoms with Gasteiger partial charge in [-0.05, 0) is 20.8 Å². The first-order valence-electron chi connectivity index (χ1n) is 6.11. The molecule has 0 aromatic carbocycles. The van der Waals surface area contributed by atoms with Gasteiger partial charge in [0.05, 0.1) is 36.2 Å². The minimum atomic E-state index is -1.59. The summed E-state index contributed by atoms with van der Waals surface area (Å²) in [7, 11) is 0. The summed E-state index contributed by atoms with van der Waals surface area (Å²) in [5, 5.41) is 70.8. The van der Waals surface area contributed by atoms with Crippen molar-refractivity contribution in [2.45, 2.75) is 52.1 Å². The molecule has 0 saturated carbocycles. The Morgan fingerprint density at radius 3 is 0.692 bits per heavy atom. The van der Waals surface area contributed by atoms with Gasteiger partial charge < -0.3 is 66.2 Å². The number of aliphatic hydroxyl groups is 3. The van der Waals surface area contributed by atoms with Gasteiger partial charge in [-0.1, -0.05) is 13.0 Å². The fraction of sp³-hybridized carbons (Fsp3) is 0.667. The first kappa shape index (κ1) is 39.5. The summed E-state index contributed by atoms with van der Waals surface area (Å²) in [6.45, 7) is 4.43. The van der Waals surface area contributed by atoms with Gasteiger partial charge in [-0.2, -0.15) is 0 Å². The van der Waals surface area contributed by atoms with Gasteiger partial charge in [-0.25, -0.2) is 0 Å². The number of hydrogen-bond donors (Lipinski definition) is 4. The van der Waals surface area contributed by atoms with Gasteiger partial charge in [0.1, 0.15) is 0 Å². The molecule has 0 heterocycles. The third-order valence-electron chi connectivity index (χ3n) is 1.36. The molecule has 0 radical (unpaired) electrons. The van der Waals surface area contributed by atoms with E-state index in [1.165, 1.54) is 0 Å². The SMILES string of the molecule is CC(O)C(=O)[O-].CC(O)C(=O)[O-].CC(O)C(=O)[O-].CC([O-])C(=O)[O-].[NH4+].[Ti+4]. The van der Waals surface area contributed by atoms with Crippen molar-refractivity contribution in [2.24, 2.45) is 0 Å². The van der Waals surface area contributed by atoms with E-state index in [1.54, 1.807) is 0 Å². The van der Waals surface area contributed by atoms with E-state index in [1.807, 2.05) is 0 Å². The van der Waals surface area contributed by atoms with Crippen LogP contribution in [0.15, 0.2) is 0 Å². The first-order valence-corrected chi connectivity index (χ1v) is 6.11. The van der Waals surface area contributed by atoms with Gasteiger partial charge in [-0.3, -0.25) is 0 Å². The van der Waals surface area contributed by atoms with E-state index in [0.717, 1.165) is 27.7 Å². The van der Waals surface area contributed by atoms with Crippen LogP contribution in [0.1, 0.15) is 27.7 Å². The van der Waals surface area contributed by atoms with Crippen molar-refractivity contribution in [2.75, 3.05) is 0 Å². The molecule has 0 fully saturated rings. The molecule has 0 aromatic rings. The summed E-state index contributed by atoms with van der Waals surface area (Å²) in [6, 6.07) is 0. The predicted octanol–water partition coefficient (Wildman–Crippen LogP) is -7.79. The molecule has 0 aliphatic rings. The van der Waals surface area contributed by atoms with Crippen LogP contribution < -0.4 is 31.7 Å². The Morgan fingerprint density at radius 2 is 0.692 bits per heavy atom. The minimum absolute atomic E-state index is 0. The largest absolute Gasteiger partial charge is 4.00 e. The summed E-state index contributed by atoms with van der Waals surface area (Å²) in [5.74, 6) is -5.85. The monoisotopic (exact) mass is 421 g/mol. The fourth-order valence-corrected chi connectivity index (χ4v) is 0. The van der Waals surface area contributed by atoms with E-state index in [4.69, 9.17) is 15.3 Å². The summed E-state index contributed by atoms with van der Waals surface area (Å²) >= 11 is 0. The molecule has 26 heavy (non-hydrogen) atoms. The molecule has 152 valence electrons. The topological polar surface area (TPSA) is 281 Å². The van der Waals surface area contributed by atoms with E-state index < -0.39 is 48.3 Å².